The molecule has 1 aromatic carbocycles. The molecule has 1 aromatic rings. The zero-order chi connectivity index (χ0) is 12.3. The maximum atomic E-state index is 6.51. The molecule has 0 saturated carbocycles. The van der Waals surface area contributed by atoms with Crippen molar-refractivity contribution < 1.29 is 0 Å². The molecule has 0 saturated heterocycles. The fraction of sp³-hybridized carbons (Fsp3) is 0.571. The molecule has 0 aliphatic rings. The van der Waals surface area contributed by atoms with E-state index in [1.54, 1.807) is 0 Å². The van der Waals surface area contributed by atoms with Gasteiger partial charge in [-0.05, 0) is 35.8 Å². The maximum Gasteiger partial charge on any atom is 0.0425 e. The van der Waals surface area contributed by atoms with E-state index in [1.165, 1.54) is 22.7 Å². The lowest BCUT2D eigenvalue weighted by atomic mass is 9.86. The van der Waals surface area contributed by atoms with Gasteiger partial charge in [-0.2, -0.15) is 0 Å². The predicted molar refractivity (Wildman–Crippen MR) is 78.4 cm³/mol. The number of halogens is 1. The largest absolute Gasteiger partial charge is 0.0842 e. The van der Waals surface area contributed by atoms with E-state index in [4.69, 9.17) is 11.6 Å². The van der Waals surface area contributed by atoms with Crippen LogP contribution < -0.4 is 5.19 Å². The van der Waals surface area contributed by atoms with E-state index in [0.717, 1.165) is 21.7 Å². The number of benzene rings is 1. The summed E-state index contributed by atoms with van der Waals surface area (Å²) in [4.78, 5) is 0. The zero-order valence-corrected chi connectivity index (χ0v) is 13.9. The third-order valence-corrected chi connectivity index (χ3v) is 5.31. The van der Waals surface area contributed by atoms with Gasteiger partial charge in [0.25, 0.3) is 0 Å². The summed E-state index contributed by atoms with van der Waals surface area (Å²) in [5.41, 5.74) is 2.87. The molecule has 0 nitrogen and oxygen atoms in total. The lowest BCUT2D eigenvalue weighted by Gasteiger charge is -2.22. The number of rotatable bonds is 4. The van der Waals surface area contributed by atoms with Crippen LogP contribution in [0.5, 0.6) is 0 Å². The second kappa shape index (κ2) is 5.88. The van der Waals surface area contributed by atoms with Gasteiger partial charge in [0.05, 0.1) is 0 Å². The number of hydrogen-bond donors (Lipinski definition) is 0. The molecule has 0 amide bonds. The first kappa shape index (κ1) is 13.8. The Morgan fingerprint density at radius 2 is 1.69 bits per heavy atom. The summed E-state index contributed by atoms with van der Waals surface area (Å²) in [7, 11) is 1.04. The third-order valence-electron chi connectivity index (χ3n) is 3.66. The van der Waals surface area contributed by atoms with E-state index < -0.39 is 0 Å². The smallest absolute Gasteiger partial charge is 0.0425 e. The molecule has 2 unspecified atom stereocenters. The Kier molecular flexibility index (Phi) is 5.07. The average Bonchev–Trinajstić information content (AvgIpc) is 2.30. The Morgan fingerprint density at radius 1 is 1.12 bits per heavy atom. The van der Waals surface area contributed by atoms with Gasteiger partial charge in [0, 0.05) is 15.3 Å². The Morgan fingerprint density at radius 3 is 2.19 bits per heavy atom. The van der Waals surface area contributed by atoms with Crippen LogP contribution in [0.25, 0.3) is 0 Å². The van der Waals surface area contributed by atoms with Crippen molar-refractivity contribution in [3.05, 3.63) is 28.3 Å². The third kappa shape index (κ3) is 2.69. The molecule has 0 aliphatic carbocycles. The van der Waals surface area contributed by atoms with Gasteiger partial charge in [-0.3, -0.25) is 0 Å². The minimum atomic E-state index is 0.574. The van der Waals surface area contributed by atoms with Crippen molar-refractivity contribution >= 4 is 27.0 Å². The van der Waals surface area contributed by atoms with Crippen LogP contribution in [0, 0.1) is 0 Å². The van der Waals surface area contributed by atoms with Gasteiger partial charge in [0.2, 0.25) is 0 Å². The van der Waals surface area contributed by atoms with Gasteiger partial charge in [0.15, 0.2) is 0 Å². The van der Waals surface area contributed by atoms with E-state index >= 15 is 0 Å². The second-order valence-corrected chi connectivity index (χ2v) is 6.27. The fourth-order valence-corrected chi connectivity index (χ4v) is 2.87. The quantitative estimate of drug-likeness (QED) is 0.723. The molecule has 2 atom stereocenters. The molecule has 0 fully saturated rings. The molecule has 0 heterocycles. The van der Waals surface area contributed by atoms with Gasteiger partial charge >= 0.3 is 0 Å². The summed E-state index contributed by atoms with van der Waals surface area (Å²) in [6.45, 7) is 9.06. The van der Waals surface area contributed by atoms with E-state index in [0.29, 0.717) is 11.8 Å². The van der Waals surface area contributed by atoms with Gasteiger partial charge in [0.1, 0.15) is 0 Å². The molecule has 0 radical (unpaired) electrons. The lowest BCUT2D eigenvalue weighted by Crippen LogP contribution is -2.12. The summed E-state index contributed by atoms with van der Waals surface area (Å²) >= 11 is 6.51. The van der Waals surface area contributed by atoms with Crippen LogP contribution in [0.2, 0.25) is 5.02 Å². The van der Waals surface area contributed by atoms with Crippen molar-refractivity contribution in [3.63, 3.8) is 0 Å². The van der Waals surface area contributed by atoms with Crippen LogP contribution in [0.3, 0.4) is 0 Å². The minimum absolute atomic E-state index is 0.574. The normalized spacial score (nSPS) is 15.1. The SMILES string of the molecule is CCC(C)c1ccc([SiH3])c(Cl)c1C(C)CC. The molecular weight excluding hydrogens is 232 g/mol. The van der Waals surface area contributed by atoms with E-state index in [-0.39, 0.29) is 0 Å². The Hall–Kier alpha value is -0.273. The van der Waals surface area contributed by atoms with E-state index in [2.05, 4.69) is 39.8 Å². The molecule has 0 bridgehead atoms. The fourth-order valence-electron chi connectivity index (χ4n) is 2.07. The standard InChI is InChI=1S/C14H23ClSi/c1-5-9(3)11-7-8-12(16)14(15)13(11)10(4)6-2/h7-10H,5-6H2,1-4,16H3. The first-order valence-electron chi connectivity index (χ1n) is 6.31. The van der Waals surface area contributed by atoms with Gasteiger partial charge in [-0.25, -0.2) is 0 Å². The summed E-state index contributed by atoms with van der Waals surface area (Å²) < 4.78 is 0. The molecule has 0 spiro atoms. The van der Waals surface area contributed by atoms with Gasteiger partial charge < -0.3 is 0 Å². The van der Waals surface area contributed by atoms with Crippen molar-refractivity contribution in [2.45, 2.75) is 52.4 Å². The molecule has 0 N–H and O–H groups in total. The van der Waals surface area contributed by atoms with Crippen molar-refractivity contribution in [1.82, 2.24) is 0 Å². The highest BCUT2D eigenvalue weighted by Crippen LogP contribution is 2.33. The second-order valence-electron chi connectivity index (χ2n) is 4.82. The van der Waals surface area contributed by atoms with Crippen LogP contribution in [-0.4, -0.2) is 10.2 Å². The predicted octanol–water partition coefficient (Wildman–Crippen LogP) is 3.36. The van der Waals surface area contributed by atoms with Crippen LogP contribution in [-0.2, 0) is 0 Å². The van der Waals surface area contributed by atoms with Gasteiger partial charge in [-0.1, -0.05) is 56.6 Å². The summed E-state index contributed by atoms with van der Waals surface area (Å²) in [6, 6.07) is 4.51. The highest BCUT2D eigenvalue weighted by atomic mass is 35.5. The lowest BCUT2D eigenvalue weighted by molar-refractivity contribution is 0.677. The Balaban J connectivity index is 3.32. The molecule has 16 heavy (non-hydrogen) atoms. The Labute approximate surface area is 108 Å². The average molecular weight is 255 g/mol. The van der Waals surface area contributed by atoms with Crippen LogP contribution in [0.4, 0.5) is 0 Å². The summed E-state index contributed by atoms with van der Waals surface area (Å²) in [6.07, 6.45) is 2.34. The van der Waals surface area contributed by atoms with Crippen molar-refractivity contribution in [1.29, 1.82) is 0 Å². The zero-order valence-electron chi connectivity index (χ0n) is 11.1. The first-order valence-corrected chi connectivity index (χ1v) is 7.69. The Bertz CT molecular complexity index is 360. The molecule has 2 heteroatoms. The minimum Gasteiger partial charge on any atom is -0.0842 e. The maximum absolute atomic E-state index is 6.51. The molecule has 0 aromatic heterocycles. The first-order chi connectivity index (χ1) is 7.52. The van der Waals surface area contributed by atoms with Crippen LogP contribution >= 0.6 is 11.6 Å². The topological polar surface area (TPSA) is 0 Å². The summed E-state index contributed by atoms with van der Waals surface area (Å²) in [5, 5.41) is 2.38. The van der Waals surface area contributed by atoms with Crippen LogP contribution in [0.1, 0.15) is 63.5 Å². The van der Waals surface area contributed by atoms with E-state index in [9.17, 15) is 0 Å². The van der Waals surface area contributed by atoms with Gasteiger partial charge in [-0.15, -0.1) is 0 Å². The van der Waals surface area contributed by atoms with Crippen molar-refractivity contribution in [3.8, 4) is 0 Å². The molecule has 1 rings (SSSR count). The highest BCUT2D eigenvalue weighted by molar-refractivity contribution is 6.45. The summed E-state index contributed by atoms with van der Waals surface area (Å²) in [5.74, 6) is 1.19. The van der Waals surface area contributed by atoms with Crippen LogP contribution in [0.15, 0.2) is 12.1 Å². The van der Waals surface area contributed by atoms with E-state index in [1.807, 2.05) is 0 Å². The number of hydrogen-bond acceptors (Lipinski definition) is 0. The van der Waals surface area contributed by atoms with Crippen molar-refractivity contribution in [2.75, 3.05) is 0 Å². The highest BCUT2D eigenvalue weighted by Gasteiger charge is 2.17. The monoisotopic (exact) mass is 254 g/mol. The molecule has 0 aliphatic heterocycles. The molecular formula is C14H23ClSi. The molecule has 90 valence electrons. The van der Waals surface area contributed by atoms with Crippen molar-refractivity contribution in [2.24, 2.45) is 0 Å².